The molecule has 0 saturated heterocycles. The number of amides is 2. The third-order valence-corrected chi connectivity index (χ3v) is 6.67. The Labute approximate surface area is 200 Å². The van der Waals surface area contributed by atoms with Gasteiger partial charge in [0.1, 0.15) is 12.6 Å². The number of nitrogens with zero attached hydrogens (tertiary/aromatic N) is 1. The first-order chi connectivity index (χ1) is 16.3. The molecule has 0 bridgehead atoms. The predicted octanol–water partition coefficient (Wildman–Crippen LogP) is 4.41. The Balaban J connectivity index is 1.43. The van der Waals surface area contributed by atoms with Crippen LogP contribution in [0.25, 0.3) is 11.1 Å². The van der Waals surface area contributed by atoms with Crippen molar-refractivity contribution < 1.29 is 24.2 Å². The highest BCUT2D eigenvalue weighted by Gasteiger charge is 2.35. The lowest BCUT2D eigenvalue weighted by Crippen LogP contribution is -2.51. The number of fused-ring (bicyclic) bond motifs is 3. The van der Waals surface area contributed by atoms with Crippen LogP contribution < -0.4 is 5.32 Å². The Kier molecular flexibility index (Phi) is 7.20. The third-order valence-electron chi connectivity index (χ3n) is 6.67. The summed E-state index contributed by atoms with van der Waals surface area (Å²) in [5.41, 5.74) is 4.56. The van der Waals surface area contributed by atoms with E-state index in [1.54, 1.807) is 0 Å². The molecule has 2 aromatic carbocycles. The number of hydrogen-bond acceptors (Lipinski definition) is 4. The molecule has 2 aliphatic carbocycles. The van der Waals surface area contributed by atoms with Gasteiger partial charge in [0, 0.05) is 18.5 Å². The number of alkyl carbamates (subject to hydrolysis) is 1. The highest BCUT2D eigenvalue weighted by atomic mass is 16.5. The normalized spacial score (nSPS) is 15.4. The number of rotatable bonds is 10. The Morgan fingerprint density at radius 3 is 2.15 bits per heavy atom. The van der Waals surface area contributed by atoms with Gasteiger partial charge in [0.25, 0.3) is 0 Å². The minimum absolute atomic E-state index is 0.0570. The van der Waals surface area contributed by atoms with Crippen molar-refractivity contribution in [1.82, 2.24) is 10.2 Å². The van der Waals surface area contributed by atoms with Crippen molar-refractivity contribution in [2.75, 3.05) is 13.2 Å². The van der Waals surface area contributed by atoms with Gasteiger partial charge in [-0.1, -0.05) is 61.4 Å². The van der Waals surface area contributed by atoms with E-state index in [-0.39, 0.29) is 37.4 Å². The molecule has 2 amide bonds. The number of nitrogens with one attached hydrogen (secondary N) is 1. The summed E-state index contributed by atoms with van der Waals surface area (Å²) in [4.78, 5) is 38.6. The van der Waals surface area contributed by atoms with Crippen LogP contribution in [0.15, 0.2) is 48.5 Å². The monoisotopic (exact) mass is 464 g/mol. The van der Waals surface area contributed by atoms with Crippen LogP contribution in [0.5, 0.6) is 0 Å². The second-order valence-electron chi connectivity index (χ2n) is 9.47. The molecule has 4 rings (SSSR count). The molecule has 0 radical (unpaired) electrons. The first-order valence-corrected chi connectivity index (χ1v) is 12.0. The van der Waals surface area contributed by atoms with Crippen molar-refractivity contribution in [2.24, 2.45) is 5.92 Å². The summed E-state index contributed by atoms with van der Waals surface area (Å²) in [6, 6.07) is 15.4. The molecule has 1 atom stereocenters. The van der Waals surface area contributed by atoms with E-state index in [9.17, 15) is 14.4 Å². The minimum atomic E-state index is -0.957. The van der Waals surface area contributed by atoms with E-state index < -0.39 is 18.1 Å². The molecule has 34 heavy (non-hydrogen) atoms. The lowest BCUT2D eigenvalue weighted by Gasteiger charge is -2.30. The van der Waals surface area contributed by atoms with Gasteiger partial charge in [-0.05, 0) is 48.4 Å². The summed E-state index contributed by atoms with van der Waals surface area (Å²) in [7, 11) is 0. The Morgan fingerprint density at radius 1 is 1.03 bits per heavy atom. The van der Waals surface area contributed by atoms with Crippen LogP contribution in [0.1, 0.15) is 56.6 Å². The fourth-order valence-electron chi connectivity index (χ4n) is 4.73. The molecular weight excluding hydrogens is 432 g/mol. The maximum atomic E-state index is 13.2. The molecule has 7 nitrogen and oxygen atoms in total. The summed E-state index contributed by atoms with van der Waals surface area (Å²) in [5.74, 6) is -0.867. The molecular formula is C27H32N2O5. The van der Waals surface area contributed by atoms with Crippen LogP contribution in [0.4, 0.5) is 4.79 Å². The quantitative estimate of drug-likeness (QED) is 0.543. The van der Waals surface area contributed by atoms with Gasteiger partial charge in [-0.25, -0.2) is 4.79 Å². The first-order valence-electron chi connectivity index (χ1n) is 12.0. The molecule has 2 N–H and O–H groups in total. The Hall–Kier alpha value is -3.35. The maximum Gasteiger partial charge on any atom is 0.407 e. The molecule has 7 heteroatoms. The van der Waals surface area contributed by atoms with Gasteiger partial charge < -0.3 is 20.1 Å². The highest BCUT2D eigenvalue weighted by Crippen LogP contribution is 2.44. The predicted molar refractivity (Wildman–Crippen MR) is 128 cm³/mol. The van der Waals surface area contributed by atoms with Gasteiger partial charge in [-0.15, -0.1) is 0 Å². The minimum Gasteiger partial charge on any atom is -0.481 e. The standard InChI is InChI=1S/C27H32N2O5/c1-17(2)29(14-13-25(30)31)26(32)24(15-18-11-12-18)28-27(33)34-16-23-21-9-5-3-7-19(21)20-8-4-6-10-22(20)23/h3-10,17-18,23-24H,11-16H2,1-2H3,(H,28,33)(H,30,31)/t24-/m0/s1. The molecule has 1 saturated carbocycles. The zero-order chi connectivity index (χ0) is 24.2. The third kappa shape index (κ3) is 5.41. The molecule has 1 fully saturated rings. The van der Waals surface area contributed by atoms with Gasteiger partial charge in [0.05, 0.1) is 6.42 Å². The van der Waals surface area contributed by atoms with Crippen molar-refractivity contribution in [3.63, 3.8) is 0 Å². The van der Waals surface area contributed by atoms with Crippen LogP contribution >= 0.6 is 0 Å². The summed E-state index contributed by atoms with van der Waals surface area (Å²) in [6.07, 6.45) is 1.85. The molecule has 0 aromatic heterocycles. The fraction of sp³-hybridized carbons (Fsp3) is 0.444. The lowest BCUT2D eigenvalue weighted by atomic mass is 9.98. The van der Waals surface area contributed by atoms with Gasteiger partial charge in [0.15, 0.2) is 0 Å². The SMILES string of the molecule is CC(C)N(CCC(=O)O)C(=O)[C@H](CC1CC1)NC(=O)OCC1c2ccccc2-c2ccccc21. The van der Waals surface area contributed by atoms with Gasteiger partial charge in [0.2, 0.25) is 5.91 Å². The van der Waals surface area contributed by atoms with E-state index in [1.807, 2.05) is 38.1 Å². The molecule has 0 aliphatic heterocycles. The zero-order valence-electron chi connectivity index (χ0n) is 19.7. The van der Waals surface area contributed by atoms with Crippen molar-refractivity contribution in [1.29, 1.82) is 0 Å². The van der Waals surface area contributed by atoms with E-state index in [2.05, 4.69) is 29.6 Å². The summed E-state index contributed by atoms with van der Waals surface area (Å²) >= 11 is 0. The topological polar surface area (TPSA) is 95.9 Å². The molecule has 2 aliphatic rings. The molecule has 0 heterocycles. The number of ether oxygens (including phenoxy) is 1. The second kappa shape index (κ2) is 10.3. The number of carbonyl (C=O) groups excluding carboxylic acids is 2. The van der Waals surface area contributed by atoms with Crippen molar-refractivity contribution in [3.05, 3.63) is 59.7 Å². The van der Waals surface area contributed by atoms with Crippen LogP contribution in [0.3, 0.4) is 0 Å². The number of benzene rings is 2. The van der Waals surface area contributed by atoms with Gasteiger partial charge in [-0.3, -0.25) is 9.59 Å². The van der Waals surface area contributed by atoms with E-state index >= 15 is 0 Å². The fourth-order valence-corrected chi connectivity index (χ4v) is 4.73. The average molecular weight is 465 g/mol. The molecule has 2 aromatic rings. The number of carboxylic acid groups (broad SMARTS) is 1. The van der Waals surface area contributed by atoms with Crippen LogP contribution in [0.2, 0.25) is 0 Å². The number of hydrogen-bond donors (Lipinski definition) is 2. The Bertz CT molecular complexity index is 1020. The van der Waals surface area contributed by atoms with E-state index in [4.69, 9.17) is 9.84 Å². The number of carbonyl (C=O) groups is 3. The average Bonchev–Trinajstić information content (AvgIpc) is 3.57. The van der Waals surface area contributed by atoms with Crippen molar-refractivity contribution in [2.45, 2.75) is 57.5 Å². The molecule has 180 valence electrons. The lowest BCUT2D eigenvalue weighted by molar-refractivity contribution is -0.140. The summed E-state index contributed by atoms with van der Waals surface area (Å²) in [5, 5.41) is 11.8. The summed E-state index contributed by atoms with van der Waals surface area (Å²) in [6.45, 7) is 3.99. The first kappa shape index (κ1) is 23.8. The van der Waals surface area contributed by atoms with Crippen LogP contribution in [-0.4, -0.2) is 53.2 Å². The van der Waals surface area contributed by atoms with Crippen molar-refractivity contribution >= 4 is 18.0 Å². The Morgan fingerprint density at radius 2 is 1.62 bits per heavy atom. The maximum absolute atomic E-state index is 13.2. The number of aliphatic carboxylic acids is 1. The molecule has 0 spiro atoms. The van der Waals surface area contributed by atoms with Crippen LogP contribution in [-0.2, 0) is 14.3 Å². The van der Waals surface area contributed by atoms with Gasteiger partial charge >= 0.3 is 12.1 Å². The largest absolute Gasteiger partial charge is 0.481 e. The summed E-state index contributed by atoms with van der Waals surface area (Å²) < 4.78 is 5.65. The van der Waals surface area contributed by atoms with E-state index in [1.165, 1.54) is 4.90 Å². The van der Waals surface area contributed by atoms with E-state index in [0.717, 1.165) is 35.1 Å². The van der Waals surface area contributed by atoms with Crippen molar-refractivity contribution in [3.8, 4) is 11.1 Å². The molecule has 0 unspecified atom stereocenters. The number of carboxylic acids is 1. The smallest absolute Gasteiger partial charge is 0.407 e. The van der Waals surface area contributed by atoms with E-state index in [0.29, 0.717) is 12.3 Å². The zero-order valence-corrected chi connectivity index (χ0v) is 19.7. The van der Waals surface area contributed by atoms with Crippen LogP contribution in [0, 0.1) is 5.92 Å². The second-order valence-corrected chi connectivity index (χ2v) is 9.47. The highest BCUT2D eigenvalue weighted by molar-refractivity contribution is 5.86. The van der Waals surface area contributed by atoms with Gasteiger partial charge in [-0.2, -0.15) is 0 Å².